The molecule has 2 saturated heterocycles. The van der Waals surface area contributed by atoms with Gasteiger partial charge in [0.25, 0.3) is 11.8 Å². The molecule has 0 aromatic heterocycles. The molecule has 0 saturated carbocycles. The molecule has 0 atom stereocenters. The summed E-state index contributed by atoms with van der Waals surface area (Å²) in [4.78, 5) is 34.6. The monoisotopic (exact) mass is 416 g/mol. The molecule has 3 heterocycles. The van der Waals surface area contributed by atoms with E-state index in [1.807, 2.05) is 4.90 Å². The van der Waals surface area contributed by atoms with Gasteiger partial charge < -0.3 is 14.5 Å². The van der Waals surface area contributed by atoms with Crippen molar-refractivity contribution in [2.24, 2.45) is 0 Å². The number of carbonyl (C=O) groups excluding carboxylic acids is 2. The van der Waals surface area contributed by atoms with Crippen molar-refractivity contribution >= 4 is 17.4 Å². The number of amides is 2. The molecule has 0 spiro atoms. The Kier molecular flexibility index (Phi) is 6.46. The van der Waals surface area contributed by atoms with Crippen LogP contribution in [0.25, 0.3) is 5.57 Å². The molecule has 30 heavy (non-hydrogen) atoms. The lowest BCUT2D eigenvalue weighted by Crippen LogP contribution is -2.48. The topological polar surface area (TPSA) is 56.3 Å². The van der Waals surface area contributed by atoms with Crippen LogP contribution in [-0.4, -0.2) is 104 Å². The first-order valence-corrected chi connectivity index (χ1v) is 10.7. The molecule has 0 bridgehead atoms. The first-order chi connectivity index (χ1) is 14.6. The summed E-state index contributed by atoms with van der Waals surface area (Å²) in [5.41, 5.74) is 1.45. The first kappa shape index (κ1) is 21.0. The maximum atomic E-state index is 13.5. The normalized spacial score (nSPS) is 21.8. The van der Waals surface area contributed by atoms with E-state index < -0.39 is 0 Å². The van der Waals surface area contributed by atoms with Gasteiger partial charge in [0, 0.05) is 52.4 Å². The van der Waals surface area contributed by atoms with Crippen LogP contribution in [0.2, 0.25) is 0 Å². The van der Waals surface area contributed by atoms with Crippen LogP contribution in [-0.2, 0) is 14.3 Å². The quantitative estimate of drug-likeness (QED) is 0.642. The molecule has 162 valence electrons. The predicted octanol–water partition coefficient (Wildman–Crippen LogP) is 0.875. The van der Waals surface area contributed by atoms with E-state index in [4.69, 9.17) is 4.74 Å². The van der Waals surface area contributed by atoms with Crippen molar-refractivity contribution in [3.8, 4) is 0 Å². The summed E-state index contributed by atoms with van der Waals surface area (Å²) >= 11 is 0. The fraction of sp³-hybridized carbons (Fsp3) is 0.545. The van der Waals surface area contributed by atoms with Crippen LogP contribution in [0.5, 0.6) is 0 Å². The summed E-state index contributed by atoms with van der Waals surface area (Å²) in [6.45, 7) is 10.1. The second-order valence-electron chi connectivity index (χ2n) is 7.87. The fourth-order valence-electron chi connectivity index (χ4n) is 4.29. The third kappa shape index (κ3) is 4.26. The molecule has 8 heteroatoms. The fourth-order valence-corrected chi connectivity index (χ4v) is 4.29. The zero-order chi connectivity index (χ0) is 21.1. The van der Waals surface area contributed by atoms with Crippen molar-refractivity contribution < 1.29 is 18.7 Å². The van der Waals surface area contributed by atoms with Gasteiger partial charge in [-0.3, -0.25) is 19.4 Å². The van der Waals surface area contributed by atoms with Gasteiger partial charge in [0.15, 0.2) is 0 Å². The number of morpholine rings is 1. The Morgan fingerprint density at radius 1 is 0.867 bits per heavy atom. The van der Waals surface area contributed by atoms with Gasteiger partial charge in [-0.15, -0.1) is 0 Å². The lowest BCUT2D eigenvalue weighted by atomic mass is 10.0. The zero-order valence-electron chi connectivity index (χ0n) is 17.5. The minimum absolute atomic E-state index is 0.238. The van der Waals surface area contributed by atoms with Crippen LogP contribution in [0.1, 0.15) is 12.5 Å². The van der Waals surface area contributed by atoms with Crippen molar-refractivity contribution in [2.75, 3.05) is 72.1 Å². The SMILES string of the molecule is CCN1CCN(C2=C(c3ccc(F)cc3)C(=O)N(CCN3CCOCC3)C2=O)CC1. The molecular weight excluding hydrogens is 387 g/mol. The van der Waals surface area contributed by atoms with Gasteiger partial charge in [-0.05, 0) is 24.2 Å². The Labute approximate surface area is 176 Å². The lowest BCUT2D eigenvalue weighted by Gasteiger charge is -2.36. The molecule has 1 aromatic rings. The van der Waals surface area contributed by atoms with E-state index in [9.17, 15) is 14.0 Å². The zero-order valence-corrected chi connectivity index (χ0v) is 17.5. The number of likely N-dealkylation sites (N-methyl/N-ethyl adjacent to an activating group) is 1. The third-order valence-electron chi connectivity index (χ3n) is 6.16. The van der Waals surface area contributed by atoms with Crippen molar-refractivity contribution in [3.05, 3.63) is 41.3 Å². The number of nitrogens with zero attached hydrogens (tertiary/aromatic N) is 4. The standard InChI is InChI=1S/C22H29FN4O3/c1-2-24-7-10-26(11-8-24)20-19(17-3-5-18(23)6-4-17)21(28)27(22(20)29)12-9-25-13-15-30-16-14-25/h3-6H,2,7-16H2,1H3. The summed E-state index contributed by atoms with van der Waals surface area (Å²) in [6.07, 6.45) is 0. The highest BCUT2D eigenvalue weighted by Gasteiger charge is 2.42. The minimum atomic E-state index is -0.363. The highest BCUT2D eigenvalue weighted by Crippen LogP contribution is 2.32. The van der Waals surface area contributed by atoms with Crippen molar-refractivity contribution in [2.45, 2.75) is 6.92 Å². The summed E-state index contributed by atoms with van der Waals surface area (Å²) < 4.78 is 18.8. The molecule has 2 fully saturated rings. The minimum Gasteiger partial charge on any atom is -0.379 e. The molecule has 3 aliphatic rings. The molecule has 0 aliphatic carbocycles. The van der Waals surface area contributed by atoms with Crippen LogP contribution in [0.3, 0.4) is 0 Å². The summed E-state index contributed by atoms with van der Waals surface area (Å²) in [6, 6.07) is 5.85. The maximum absolute atomic E-state index is 13.5. The van der Waals surface area contributed by atoms with E-state index in [0.717, 1.165) is 32.7 Å². The summed E-state index contributed by atoms with van der Waals surface area (Å²) in [5, 5.41) is 0. The smallest absolute Gasteiger partial charge is 0.277 e. The van der Waals surface area contributed by atoms with Gasteiger partial charge >= 0.3 is 0 Å². The summed E-state index contributed by atoms with van der Waals surface area (Å²) in [5.74, 6) is -0.885. The van der Waals surface area contributed by atoms with E-state index in [0.29, 0.717) is 56.2 Å². The van der Waals surface area contributed by atoms with Gasteiger partial charge in [-0.25, -0.2) is 4.39 Å². The van der Waals surface area contributed by atoms with Gasteiger partial charge in [-0.2, -0.15) is 0 Å². The first-order valence-electron chi connectivity index (χ1n) is 10.7. The van der Waals surface area contributed by atoms with Crippen LogP contribution >= 0.6 is 0 Å². The second-order valence-corrected chi connectivity index (χ2v) is 7.87. The Morgan fingerprint density at radius 3 is 2.17 bits per heavy atom. The summed E-state index contributed by atoms with van der Waals surface area (Å²) in [7, 11) is 0. The average Bonchev–Trinajstić information content (AvgIpc) is 3.03. The van der Waals surface area contributed by atoms with Gasteiger partial charge in [0.2, 0.25) is 0 Å². The maximum Gasteiger partial charge on any atom is 0.277 e. The van der Waals surface area contributed by atoms with Gasteiger partial charge in [0.1, 0.15) is 11.5 Å². The van der Waals surface area contributed by atoms with Crippen LogP contribution in [0.4, 0.5) is 4.39 Å². The number of piperazine rings is 1. The van der Waals surface area contributed by atoms with E-state index in [-0.39, 0.29) is 17.6 Å². The Morgan fingerprint density at radius 2 is 1.53 bits per heavy atom. The van der Waals surface area contributed by atoms with Crippen molar-refractivity contribution in [1.29, 1.82) is 0 Å². The molecule has 0 unspecified atom stereocenters. The number of rotatable bonds is 6. The van der Waals surface area contributed by atoms with E-state index in [1.54, 1.807) is 12.1 Å². The Hall–Kier alpha value is -2.29. The van der Waals surface area contributed by atoms with Gasteiger partial charge in [0.05, 0.1) is 18.8 Å². The van der Waals surface area contributed by atoms with Crippen molar-refractivity contribution in [1.82, 2.24) is 19.6 Å². The van der Waals surface area contributed by atoms with Gasteiger partial charge in [-0.1, -0.05) is 19.1 Å². The largest absolute Gasteiger partial charge is 0.379 e. The number of hydrogen-bond donors (Lipinski definition) is 0. The molecular formula is C22H29FN4O3. The molecule has 7 nitrogen and oxygen atoms in total. The van der Waals surface area contributed by atoms with E-state index in [2.05, 4.69) is 16.7 Å². The van der Waals surface area contributed by atoms with Crippen LogP contribution in [0, 0.1) is 5.82 Å². The number of carbonyl (C=O) groups is 2. The molecule has 1 aromatic carbocycles. The van der Waals surface area contributed by atoms with E-state index >= 15 is 0 Å². The highest BCUT2D eigenvalue weighted by molar-refractivity contribution is 6.35. The predicted molar refractivity (Wildman–Crippen MR) is 111 cm³/mol. The highest BCUT2D eigenvalue weighted by atomic mass is 19.1. The average molecular weight is 416 g/mol. The second kappa shape index (κ2) is 9.24. The Balaban J connectivity index is 1.58. The number of benzene rings is 1. The molecule has 0 N–H and O–H groups in total. The van der Waals surface area contributed by atoms with Crippen molar-refractivity contribution in [3.63, 3.8) is 0 Å². The number of hydrogen-bond acceptors (Lipinski definition) is 6. The van der Waals surface area contributed by atoms with Crippen LogP contribution in [0.15, 0.2) is 30.0 Å². The van der Waals surface area contributed by atoms with Crippen LogP contribution < -0.4 is 0 Å². The Bertz CT molecular complexity index is 812. The third-order valence-corrected chi connectivity index (χ3v) is 6.16. The number of ether oxygens (including phenoxy) is 1. The number of halogens is 1. The number of imide groups is 1. The molecule has 2 amide bonds. The lowest BCUT2D eigenvalue weighted by molar-refractivity contribution is -0.138. The molecule has 0 radical (unpaired) electrons. The molecule has 3 aliphatic heterocycles. The van der Waals surface area contributed by atoms with E-state index in [1.165, 1.54) is 17.0 Å². The molecule has 4 rings (SSSR count).